The number of rotatable bonds is 5. The van der Waals surface area contributed by atoms with Crippen LogP contribution in [0.15, 0.2) is 47.8 Å². The molecular weight excluding hydrogens is 413 g/mol. The second-order valence-electron chi connectivity index (χ2n) is 5.49. The van der Waals surface area contributed by atoms with Crippen LogP contribution in [0.5, 0.6) is 0 Å². The van der Waals surface area contributed by atoms with E-state index in [1.54, 1.807) is 6.07 Å². The highest BCUT2D eigenvalue weighted by atomic mass is 35.5. The zero-order chi connectivity index (χ0) is 18.7. The fourth-order valence-electron chi connectivity index (χ4n) is 2.26. The van der Waals surface area contributed by atoms with Crippen molar-refractivity contribution in [1.82, 2.24) is 4.98 Å². The smallest absolute Gasteiger partial charge is 0.257 e. The van der Waals surface area contributed by atoms with Crippen molar-refractivity contribution in [1.29, 1.82) is 0 Å². The van der Waals surface area contributed by atoms with Gasteiger partial charge in [0.05, 0.1) is 5.69 Å². The van der Waals surface area contributed by atoms with Gasteiger partial charge in [-0.3, -0.25) is 4.79 Å². The Kier molecular flexibility index (Phi) is 6.04. The summed E-state index contributed by atoms with van der Waals surface area (Å²) in [6.45, 7) is 2.00. The minimum absolute atomic E-state index is 0.470. The number of hydrogen-bond acceptors (Lipinski definition) is 4. The SMILES string of the molecule is Cc1ccc(Cl)cc1Nc1nc(-c2cccc(NC(=O)C(Cl)Cl)c2)cs1. The van der Waals surface area contributed by atoms with Gasteiger partial charge in [0.15, 0.2) is 9.97 Å². The molecule has 3 rings (SSSR count). The van der Waals surface area contributed by atoms with Crippen molar-refractivity contribution in [3.63, 3.8) is 0 Å². The highest BCUT2D eigenvalue weighted by molar-refractivity contribution is 7.14. The molecule has 4 nitrogen and oxygen atoms in total. The molecule has 134 valence electrons. The zero-order valence-electron chi connectivity index (χ0n) is 13.6. The van der Waals surface area contributed by atoms with E-state index in [1.807, 2.05) is 48.7 Å². The van der Waals surface area contributed by atoms with E-state index in [-0.39, 0.29) is 0 Å². The molecule has 2 aromatic carbocycles. The standard InChI is InChI=1S/C18H14Cl3N3OS/c1-10-5-6-12(19)8-14(10)23-18-24-15(9-26-18)11-3-2-4-13(7-11)22-17(25)16(20)21/h2-9,16H,1H3,(H,22,25)(H,23,24). The third-order valence-electron chi connectivity index (χ3n) is 3.57. The Morgan fingerprint density at radius 3 is 2.77 bits per heavy atom. The molecule has 0 saturated carbocycles. The topological polar surface area (TPSA) is 54.0 Å². The molecule has 2 N–H and O–H groups in total. The average Bonchev–Trinajstić information content (AvgIpc) is 3.07. The van der Waals surface area contributed by atoms with Crippen LogP contribution in [0, 0.1) is 6.92 Å². The predicted molar refractivity (Wildman–Crippen MR) is 111 cm³/mol. The Bertz CT molecular complexity index is 943. The van der Waals surface area contributed by atoms with Crippen molar-refractivity contribution in [2.24, 2.45) is 0 Å². The molecule has 0 fully saturated rings. The largest absolute Gasteiger partial charge is 0.331 e. The lowest BCUT2D eigenvalue weighted by Gasteiger charge is -2.07. The molecule has 26 heavy (non-hydrogen) atoms. The summed E-state index contributed by atoms with van der Waals surface area (Å²) < 4.78 is 0. The van der Waals surface area contributed by atoms with Gasteiger partial charge in [-0.1, -0.05) is 53.0 Å². The number of aryl methyl sites for hydroxylation is 1. The number of amides is 1. The number of nitrogens with one attached hydrogen (secondary N) is 2. The van der Waals surface area contributed by atoms with Gasteiger partial charge in [-0.05, 0) is 36.8 Å². The Morgan fingerprint density at radius 2 is 2.00 bits per heavy atom. The summed E-state index contributed by atoms with van der Waals surface area (Å²) >= 11 is 18.7. The monoisotopic (exact) mass is 425 g/mol. The number of thiazole rings is 1. The van der Waals surface area contributed by atoms with E-state index >= 15 is 0 Å². The summed E-state index contributed by atoms with van der Waals surface area (Å²) in [5.74, 6) is -0.470. The molecule has 0 aliphatic rings. The predicted octanol–water partition coefficient (Wildman–Crippen LogP) is 6.26. The van der Waals surface area contributed by atoms with E-state index in [2.05, 4.69) is 15.6 Å². The lowest BCUT2D eigenvalue weighted by atomic mass is 10.1. The van der Waals surface area contributed by atoms with Crippen molar-refractivity contribution < 1.29 is 4.79 Å². The van der Waals surface area contributed by atoms with Gasteiger partial charge in [-0.15, -0.1) is 11.3 Å². The Morgan fingerprint density at radius 1 is 1.19 bits per heavy atom. The molecule has 0 spiro atoms. The van der Waals surface area contributed by atoms with E-state index in [0.29, 0.717) is 10.7 Å². The number of nitrogens with zero attached hydrogens (tertiary/aromatic N) is 1. The second kappa shape index (κ2) is 8.27. The van der Waals surface area contributed by atoms with Crippen LogP contribution < -0.4 is 10.6 Å². The third kappa shape index (κ3) is 4.68. The molecule has 0 saturated heterocycles. The Balaban J connectivity index is 1.79. The highest BCUT2D eigenvalue weighted by Crippen LogP contribution is 2.30. The molecule has 8 heteroatoms. The van der Waals surface area contributed by atoms with Gasteiger partial charge in [0.2, 0.25) is 0 Å². The van der Waals surface area contributed by atoms with Crippen LogP contribution in [0.25, 0.3) is 11.3 Å². The third-order valence-corrected chi connectivity index (χ3v) is 4.96. The van der Waals surface area contributed by atoms with Gasteiger partial charge in [0.25, 0.3) is 5.91 Å². The van der Waals surface area contributed by atoms with Crippen LogP contribution in [-0.2, 0) is 4.79 Å². The lowest BCUT2D eigenvalue weighted by molar-refractivity contribution is -0.114. The molecule has 1 aromatic heterocycles. The number of aromatic nitrogens is 1. The molecule has 0 radical (unpaired) electrons. The van der Waals surface area contributed by atoms with Gasteiger partial charge in [0.1, 0.15) is 0 Å². The highest BCUT2D eigenvalue weighted by Gasteiger charge is 2.12. The number of hydrogen-bond donors (Lipinski definition) is 2. The normalized spacial score (nSPS) is 10.8. The van der Waals surface area contributed by atoms with Crippen molar-refractivity contribution in [2.75, 3.05) is 10.6 Å². The van der Waals surface area contributed by atoms with Crippen LogP contribution in [0.3, 0.4) is 0 Å². The van der Waals surface area contributed by atoms with E-state index in [0.717, 1.165) is 27.6 Å². The van der Waals surface area contributed by atoms with Crippen LogP contribution in [0.2, 0.25) is 5.02 Å². The molecule has 1 amide bonds. The van der Waals surface area contributed by atoms with Crippen molar-refractivity contribution in [3.8, 4) is 11.3 Å². The average molecular weight is 427 g/mol. The van der Waals surface area contributed by atoms with Crippen molar-refractivity contribution in [2.45, 2.75) is 11.8 Å². The number of benzene rings is 2. The number of carbonyl (C=O) groups excluding carboxylic acids is 1. The van der Waals surface area contributed by atoms with Crippen LogP contribution >= 0.6 is 46.1 Å². The summed E-state index contributed by atoms with van der Waals surface area (Å²) in [6.07, 6.45) is 0. The summed E-state index contributed by atoms with van der Waals surface area (Å²) in [6, 6.07) is 13.0. The number of anilines is 3. The first-order valence-electron chi connectivity index (χ1n) is 7.60. The van der Waals surface area contributed by atoms with E-state index in [9.17, 15) is 4.79 Å². The van der Waals surface area contributed by atoms with Crippen LogP contribution in [-0.4, -0.2) is 15.7 Å². The first-order valence-corrected chi connectivity index (χ1v) is 9.73. The molecule has 0 aliphatic heterocycles. The van der Waals surface area contributed by atoms with Crippen LogP contribution in [0.4, 0.5) is 16.5 Å². The van der Waals surface area contributed by atoms with Gasteiger partial charge < -0.3 is 10.6 Å². The van der Waals surface area contributed by atoms with Gasteiger partial charge >= 0.3 is 0 Å². The number of carbonyl (C=O) groups is 1. The summed E-state index contributed by atoms with van der Waals surface area (Å²) in [5, 5.41) is 9.29. The molecule has 0 bridgehead atoms. The number of halogens is 3. The minimum Gasteiger partial charge on any atom is -0.331 e. The van der Waals surface area contributed by atoms with Gasteiger partial charge in [-0.25, -0.2) is 4.98 Å². The summed E-state index contributed by atoms with van der Waals surface area (Å²) in [4.78, 5) is 15.1. The van der Waals surface area contributed by atoms with E-state index in [4.69, 9.17) is 34.8 Å². The summed E-state index contributed by atoms with van der Waals surface area (Å²) in [7, 11) is 0. The fourth-order valence-corrected chi connectivity index (χ4v) is 3.27. The van der Waals surface area contributed by atoms with Gasteiger partial charge in [-0.2, -0.15) is 0 Å². The minimum atomic E-state index is -1.12. The quantitative estimate of drug-likeness (QED) is 0.474. The van der Waals surface area contributed by atoms with Gasteiger partial charge in [0, 0.05) is 27.3 Å². The maximum Gasteiger partial charge on any atom is 0.257 e. The fraction of sp³-hybridized carbons (Fsp3) is 0.111. The molecule has 3 aromatic rings. The van der Waals surface area contributed by atoms with Crippen LogP contribution in [0.1, 0.15) is 5.56 Å². The molecular formula is C18H14Cl3N3OS. The first kappa shape index (κ1) is 19.0. The second-order valence-corrected chi connectivity index (χ2v) is 7.88. The Labute approximate surface area is 170 Å². The van der Waals surface area contributed by atoms with Crippen molar-refractivity contribution >= 4 is 68.6 Å². The molecule has 0 aliphatic carbocycles. The lowest BCUT2D eigenvalue weighted by Crippen LogP contribution is -2.18. The molecule has 1 heterocycles. The maximum absolute atomic E-state index is 11.6. The molecule has 0 atom stereocenters. The van der Waals surface area contributed by atoms with E-state index in [1.165, 1.54) is 11.3 Å². The Hall–Kier alpha value is -1.79. The van der Waals surface area contributed by atoms with E-state index < -0.39 is 10.7 Å². The van der Waals surface area contributed by atoms with Crippen molar-refractivity contribution in [3.05, 3.63) is 58.4 Å². The zero-order valence-corrected chi connectivity index (χ0v) is 16.7. The number of alkyl halides is 2. The summed E-state index contributed by atoms with van der Waals surface area (Å²) in [5.41, 5.74) is 4.26. The molecule has 0 unspecified atom stereocenters. The maximum atomic E-state index is 11.6. The first-order chi connectivity index (χ1) is 12.4.